The molecule has 0 bridgehead atoms. The highest BCUT2D eigenvalue weighted by Crippen LogP contribution is 2.08. The molecule has 126 valence electrons. The van der Waals surface area contributed by atoms with Crippen molar-refractivity contribution in [3.8, 4) is 0 Å². The van der Waals surface area contributed by atoms with E-state index in [2.05, 4.69) is 54.9 Å². The number of methoxy groups -OCH3 is 1. The maximum atomic E-state index is 5.43. The molecular formula is C16H36N4O. The molecule has 0 saturated carbocycles. The minimum atomic E-state index is 0.166. The van der Waals surface area contributed by atoms with E-state index in [9.17, 15) is 0 Å². The van der Waals surface area contributed by atoms with Crippen molar-refractivity contribution in [2.75, 3.05) is 73.6 Å². The van der Waals surface area contributed by atoms with Crippen molar-refractivity contribution >= 4 is 0 Å². The van der Waals surface area contributed by atoms with Crippen molar-refractivity contribution in [1.29, 1.82) is 0 Å². The van der Waals surface area contributed by atoms with Gasteiger partial charge >= 0.3 is 0 Å². The van der Waals surface area contributed by atoms with E-state index in [4.69, 9.17) is 4.74 Å². The summed E-state index contributed by atoms with van der Waals surface area (Å²) in [5.74, 6) is 0. The summed E-state index contributed by atoms with van der Waals surface area (Å²) in [5.41, 5.74) is 0.166. The molecule has 0 amide bonds. The maximum absolute atomic E-state index is 5.43. The second kappa shape index (κ2) is 9.06. The van der Waals surface area contributed by atoms with Gasteiger partial charge in [0, 0.05) is 64.5 Å². The minimum Gasteiger partial charge on any atom is -0.383 e. The Bertz CT molecular complexity index is 270. The van der Waals surface area contributed by atoms with Gasteiger partial charge in [-0.05, 0) is 34.9 Å². The van der Waals surface area contributed by atoms with Gasteiger partial charge in [-0.3, -0.25) is 9.80 Å². The molecule has 0 aliphatic carbocycles. The fraction of sp³-hybridized carbons (Fsp3) is 1.00. The Labute approximate surface area is 131 Å². The van der Waals surface area contributed by atoms with Gasteiger partial charge in [0.15, 0.2) is 0 Å². The van der Waals surface area contributed by atoms with Crippen LogP contribution in [-0.4, -0.2) is 99.9 Å². The first-order valence-corrected chi connectivity index (χ1v) is 8.17. The van der Waals surface area contributed by atoms with Crippen molar-refractivity contribution in [1.82, 2.24) is 20.0 Å². The molecule has 1 saturated heterocycles. The Morgan fingerprint density at radius 3 is 2.24 bits per heavy atom. The number of nitrogens with zero attached hydrogens (tertiary/aromatic N) is 3. The van der Waals surface area contributed by atoms with Crippen LogP contribution in [0.3, 0.4) is 0 Å². The molecular weight excluding hydrogens is 264 g/mol. The Morgan fingerprint density at radius 2 is 1.76 bits per heavy atom. The van der Waals surface area contributed by atoms with Crippen molar-refractivity contribution in [2.45, 2.75) is 32.4 Å². The van der Waals surface area contributed by atoms with E-state index in [1.165, 1.54) is 19.6 Å². The van der Waals surface area contributed by atoms with Crippen LogP contribution in [-0.2, 0) is 4.74 Å². The summed E-state index contributed by atoms with van der Waals surface area (Å²) in [6, 6.07) is 0.477. The third-order valence-corrected chi connectivity index (χ3v) is 4.01. The summed E-state index contributed by atoms with van der Waals surface area (Å²) in [4.78, 5) is 7.40. The van der Waals surface area contributed by atoms with E-state index < -0.39 is 0 Å². The molecule has 0 spiro atoms. The first-order chi connectivity index (χ1) is 9.81. The fourth-order valence-electron chi connectivity index (χ4n) is 2.60. The molecule has 1 fully saturated rings. The third kappa shape index (κ3) is 8.12. The van der Waals surface area contributed by atoms with Crippen molar-refractivity contribution in [2.24, 2.45) is 0 Å². The van der Waals surface area contributed by atoms with Crippen molar-refractivity contribution < 1.29 is 4.74 Å². The van der Waals surface area contributed by atoms with E-state index in [-0.39, 0.29) is 5.54 Å². The number of likely N-dealkylation sites (N-methyl/N-ethyl adjacent to an activating group) is 1. The summed E-state index contributed by atoms with van der Waals surface area (Å²) in [5, 5.41) is 3.61. The summed E-state index contributed by atoms with van der Waals surface area (Å²) in [7, 11) is 6.09. The number of rotatable bonds is 8. The Morgan fingerprint density at radius 1 is 1.14 bits per heavy atom. The van der Waals surface area contributed by atoms with Crippen LogP contribution in [0.2, 0.25) is 0 Å². The standard InChI is InChI=1S/C16H36N4O/c1-16(2,3)17-13-15(14-21-6)20-11-9-19(10-12-20)8-7-18(4)5/h15,17H,7-14H2,1-6H3. The van der Waals surface area contributed by atoms with Gasteiger partial charge < -0.3 is 15.0 Å². The quantitative estimate of drug-likeness (QED) is 0.708. The molecule has 1 N–H and O–H groups in total. The molecule has 0 radical (unpaired) electrons. The van der Waals surface area contributed by atoms with Gasteiger partial charge in [0.05, 0.1) is 6.61 Å². The molecule has 1 rings (SSSR count). The zero-order valence-electron chi connectivity index (χ0n) is 15.0. The minimum absolute atomic E-state index is 0.166. The van der Waals surface area contributed by atoms with Gasteiger partial charge in [0.1, 0.15) is 0 Å². The number of nitrogens with one attached hydrogen (secondary N) is 1. The molecule has 5 nitrogen and oxygen atoms in total. The second-order valence-corrected chi connectivity index (χ2v) is 7.42. The zero-order chi connectivity index (χ0) is 15.9. The third-order valence-electron chi connectivity index (χ3n) is 4.01. The fourth-order valence-corrected chi connectivity index (χ4v) is 2.60. The van der Waals surface area contributed by atoms with Crippen LogP contribution in [0.1, 0.15) is 20.8 Å². The molecule has 1 aliphatic rings. The van der Waals surface area contributed by atoms with Gasteiger partial charge in [-0.25, -0.2) is 0 Å². The molecule has 21 heavy (non-hydrogen) atoms. The van der Waals surface area contributed by atoms with Crippen LogP contribution in [0.25, 0.3) is 0 Å². The van der Waals surface area contributed by atoms with Gasteiger partial charge in [-0.1, -0.05) is 0 Å². The van der Waals surface area contributed by atoms with Crippen LogP contribution in [0.15, 0.2) is 0 Å². The molecule has 0 aromatic heterocycles. The lowest BCUT2D eigenvalue weighted by Gasteiger charge is -2.40. The highest BCUT2D eigenvalue weighted by Gasteiger charge is 2.24. The average Bonchev–Trinajstić information content (AvgIpc) is 2.41. The molecule has 0 aromatic rings. The van der Waals surface area contributed by atoms with Crippen LogP contribution in [0, 0.1) is 0 Å². The van der Waals surface area contributed by atoms with E-state index in [0.29, 0.717) is 6.04 Å². The summed E-state index contributed by atoms with van der Waals surface area (Å²) in [6.45, 7) is 15.4. The molecule has 1 heterocycles. The number of hydrogen-bond donors (Lipinski definition) is 1. The normalized spacial score (nSPS) is 20.1. The lowest BCUT2D eigenvalue weighted by molar-refractivity contribution is 0.0454. The Hall–Kier alpha value is -0.200. The maximum Gasteiger partial charge on any atom is 0.0630 e. The summed E-state index contributed by atoms with van der Waals surface area (Å²) >= 11 is 0. The first-order valence-electron chi connectivity index (χ1n) is 8.17. The van der Waals surface area contributed by atoms with Crippen molar-refractivity contribution in [3.05, 3.63) is 0 Å². The predicted octanol–water partition coefficient (Wildman–Crippen LogP) is 0.569. The van der Waals surface area contributed by atoms with E-state index in [1.54, 1.807) is 7.11 Å². The highest BCUT2D eigenvalue weighted by molar-refractivity contribution is 4.82. The van der Waals surface area contributed by atoms with Gasteiger partial charge in [0.25, 0.3) is 0 Å². The van der Waals surface area contributed by atoms with Gasteiger partial charge in [0.2, 0.25) is 0 Å². The summed E-state index contributed by atoms with van der Waals surface area (Å²) < 4.78 is 5.43. The number of hydrogen-bond acceptors (Lipinski definition) is 5. The molecule has 1 atom stereocenters. The molecule has 1 unspecified atom stereocenters. The summed E-state index contributed by atoms with van der Waals surface area (Å²) in [6.07, 6.45) is 0. The molecule has 1 aliphatic heterocycles. The SMILES string of the molecule is COCC(CNC(C)(C)C)N1CCN(CCN(C)C)CC1. The van der Waals surface area contributed by atoms with Crippen molar-refractivity contribution in [3.63, 3.8) is 0 Å². The molecule has 5 heteroatoms. The first kappa shape index (κ1) is 18.8. The highest BCUT2D eigenvalue weighted by atomic mass is 16.5. The average molecular weight is 300 g/mol. The van der Waals surface area contributed by atoms with E-state index in [0.717, 1.165) is 32.8 Å². The van der Waals surface area contributed by atoms with Crippen LogP contribution in [0.4, 0.5) is 0 Å². The largest absolute Gasteiger partial charge is 0.383 e. The number of ether oxygens (including phenoxy) is 1. The monoisotopic (exact) mass is 300 g/mol. The molecule has 0 aromatic carbocycles. The number of piperazine rings is 1. The van der Waals surface area contributed by atoms with E-state index in [1.807, 2.05) is 0 Å². The van der Waals surface area contributed by atoms with Gasteiger partial charge in [-0.2, -0.15) is 0 Å². The van der Waals surface area contributed by atoms with Gasteiger partial charge in [-0.15, -0.1) is 0 Å². The van der Waals surface area contributed by atoms with E-state index >= 15 is 0 Å². The Kier molecular flexibility index (Phi) is 8.13. The van der Waals surface area contributed by atoms with Crippen LogP contribution < -0.4 is 5.32 Å². The van der Waals surface area contributed by atoms with Crippen LogP contribution in [0.5, 0.6) is 0 Å². The zero-order valence-corrected chi connectivity index (χ0v) is 15.0. The Balaban J connectivity index is 2.37. The smallest absolute Gasteiger partial charge is 0.0630 e. The van der Waals surface area contributed by atoms with Crippen LogP contribution >= 0.6 is 0 Å². The topological polar surface area (TPSA) is 31.0 Å². The lowest BCUT2D eigenvalue weighted by atomic mass is 10.1. The lowest BCUT2D eigenvalue weighted by Crippen LogP contribution is -2.56. The predicted molar refractivity (Wildman–Crippen MR) is 90.0 cm³/mol. The second-order valence-electron chi connectivity index (χ2n) is 7.42.